The van der Waals surface area contributed by atoms with Gasteiger partial charge in [-0.2, -0.15) is 0 Å². The molecular weight excluding hydrogens is 520 g/mol. The summed E-state index contributed by atoms with van der Waals surface area (Å²) in [5.74, 6) is 0. The lowest BCUT2D eigenvalue weighted by molar-refractivity contribution is -0.253. The highest BCUT2D eigenvalue weighted by Crippen LogP contribution is 2.38. The molecule has 0 aliphatic carbocycles. The van der Waals surface area contributed by atoms with Gasteiger partial charge in [-0.1, -0.05) is 79.4 Å². The van der Waals surface area contributed by atoms with Crippen molar-refractivity contribution in [3.63, 3.8) is 0 Å². The van der Waals surface area contributed by atoms with Crippen molar-refractivity contribution in [3.8, 4) is 11.1 Å². The molecule has 2 fully saturated rings. The minimum atomic E-state index is -0.497. The topological polar surface area (TPSA) is 89.5 Å². The van der Waals surface area contributed by atoms with E-state index >= 15 is 0 Å². The zero-order valence-corrected chi connectivity index (χ0v) is 23.2. The maximum atomic E-state index is 11.8. The van der Waals surface area contributed by atoms with Crippen LogP contribution in [0.3, 0.4) is 0 Å². The lowest BCUT2D eigenvalue weighted by Gasteiger charge is -2.39. The Labute approximate surface area is 241 Å². The molecule has 3 aromatic rings. The minimum Gasteiger partial charge on any atom is -0.445 e. The van der Waals surface area contributed by atoms with Gasteiger partial charge in [-0.05, 0) is 33.9 Å². The van der Waals surface area contributed by atoms with Crippen molar-refractivity contribution >= 4 is 6.09 Å². The summed E-state index contributed by atoms with van der Waals surface area (Å²) in [5.41, 5.74) is 6.00. The van der Waals surface area contributed by atoms with E-state index in [-0.39, 0.29) is 25.4 Å². The van der Waals surface area contributed by atoms with Gasteiger partial charge in [0, 0.05) is 38.2 Å². The Hall–Kier alpha value is -3.53. The van der Waals surface area contributed by atoms with Gasteiger partial charge in [-0.15, -0.1) is 0 Å². The fourth-order valence-corrected chi connectivity index (χ4v) is 5.16. The average Bonchev–Trinajstić information content (AvgIpc) is 3.03. The van der Waals surface area contributed by atoms with Crippen LogP contribution in [0.1, 0.15) is 41.1 Å². The second kappa shape index (κ2) is 14.4. The second-order valence-corrected chi connectivity index (χ2v) is 10.3. The van der Waals surface area contributed by atoms with Crippen LogP contribution in [0.4, 0.5) is 4.79 Å². The Morgan fingerprint density at radius 1 is 0.976 bits per heavy atom. The molecule has 2 aliphatic rings. The molecule has 2 aliphatic heterocycles. The van der Waals surface area contributed by atoms with Crippen LogP contribution in [0, 0.1) is 0 Å². The molecule has 8 nitrogen and oxygen atoms in total. The molecule has 8 heteroatoms. The number of aliphatic hydroxyl groups is 1. The molecule has 0 saturated carbocycles. The first-order chi connectivity index (χ1) is 20.1. The van der Waals surface area contributed by atoms with E-state index in [0.29, 0.717) is 6.54 Å². The number of carbonyl (C=O) groups excluding carboxylic acids is 1. The Bertz CT molecular complexity index is 1270. The number of ether oxygens (including phenoxy) is 4. The zero-order valence-electron chi connectivity index (χ0n) is 23.2. The third kappa shape index (κ3) is 8.03. The number of hydrogen-bond acceptors (Lipinski definition) is 7. The summed E-state index contributed by atoms with van der Waals surface area (Å²) in [6.07, 6.45) is 1.22. The van der Waals surface area contributed by atoms with Gasteiger partial charge in [0.25, 0.3) is 0 Å². The zero-order chi connectivity index (χ0) is 28.4. The highest BCUT2D eigenvalue weighted by Gasteiger charge is 2.33. The third-order valence-electron chi connectivity index (χ3n) is 7.39. The maximum absolute atomic E-state index is 11.8. The summed E-state index contributed by atoms with van der Waals surface area (Å²) in [6, 6.07) is 24.3. The number of aliphatic hydroxyl groups excluding tert-OH is 1. The Kier molecular flexibility index (Phi) is 10.2. The molecule has 2 saturated heterocycles. The number of nitrogens with zero attached hydrogens (tertiary/aromatic N) is 1. The molecule has 2 heterocycles. The standard InChI is InChI=1S/C33H38N2O6/c1-2-16-39-33(37)34-21-25-4-3-5-29(19-25)26-10-12-28(13-11-26)32-40-30(22-35-14-17-38-18-15-35)20-31(41-32)27-8-6-24(23-36)7-9-27/h2-13,19,30-32,36H,1,14-18,20-23H2,(H,34,37)/t30-,31+,32+/m0/s1. The van der Waals surface area contributed by atoms with Crippen LogP contribution in [0.2, 0.25) is 0 Å². The van der Waals surface area contributed by atoms with Gasteiger partial charge < -0.3 is 29.4 Å². The maximum Gasteiger partial charge on any atom is 0.407 e. The normalized spacial score (nSPS) is 21.2. The SMILES string of the molecule is C=CCOC(=O)NCc1cccc(-c2ccc([C@@H]3O[C@H](CN4CCOCC4)C[C@H](c4ccc(CO)cc4)O3)cc2)c1. The van der Waals surface area contributed by atoms with E-state index < -0.39 is 12.4 Å². The number of hydrogen-bond donors (Lipinski definition) is 2. The molecule has 1 amide bonds. The van der Waals surface area contributed by atoms with E-state index in [4.69, 9.17) is 18.9 Å². The van der Waals surface area contributed by atoms with Crippen LogP contribution in [0.25, 0.3) is 11.1 Å². The Morgan fingerprint density at radius 2 is 1.73 bits per heavy atom. The summed E-state index contributed by atoms with van der Waals surface area (Å²) in [5, 5.41) is 12.2. The van der Waals surface area contributed by atoms with Gasteiger partial charge in [0.15, 0.2) is 6.29 Å². The van der Waals surface area contributed by atoms with Crippen LogP contribution >= 0.6 is 0 Å². The molecule has 0 radical (unpaired) electrons. The minimum absolute atomic E-state index is 0.0106. The summed E-state index contributed by atoms with van der Waals surface area (Å²) in [6.45, 7) is 8.25. The van der Waals surface area contributed by atoms with Crippen LogP contribution in [-0.4, -0.2) is 61.7 Å². The fraction of sp³-hybridized carbons (Fsp3) is 0.364. The molecule has 2 N–H and O–H groups in total. The lowest BCUT2D eigenvalue weighted by atomic mass is 9.99. The molecule has 0 unspecified atom stereocenters. The van der Waals surface area contributed by atoms with E-state index in [9.17, 15) is 9.90 Å². The van der Waals surface area contributed by atoms with Crippen molar-refractivity contribution < 1.29 is 28.8 Å². The second-order valence-electron chi connectivity index (χ2n) is 10.3. The Morgan fingerprint density at radius 3 is 2.46 bits per heavy atom. The number of carbonyl (C=O) groups is 1. The monoisotopic (exact) mass is 558 g/mol. The van der Waals surface area contributed by atoms with Crippen molar-refractivity contribution in [3.05, 3.63) is 108 Å². The number of benzene rings is 3. The smallest absolute Gasteiger partial charge is 0.407 e. The van der Waals surface area contributed by atoms with Crippen molar-refractivity contribution in [2.45, 2.75) is 38.1 Å². The molecule has 41 heavy (non-hydrogen) atoms. The van der Waals surface area contributed by atoms with Gasteiger partial charge in [0.2, 0.25) is 0 Å². The largest absolute Gasteiger partial charge is 0.445 e. The summed E-state index contributed by atoms with van der Waals surface area (Å²) in [7, 11) is 0. The number of alkyl carbamates (subject to hydrolysis) is 1. The molecule has 3 atom stereocenters. The van der Waals surface area contributed by atoms with Gasteiger partial charge in [-0.25, -0.2) is 4.79 Å². The molecule has 0 bridgehead atoms. The van der Waals surface area contributed by atoms with Crippen molar-refractivity contribution in [2.24, 2.45) is 0 Å². The Balaban J connectivity index is 1.29. The van der Waals surface area contributed by atoms with E-state index in [0.717, 1.165) is 72.6 Å². The highest BCUT2D eigenvalue weighted by atomic mass is 16.7. The van der Waals surface area contributed by atoms with Gasteiger partial charge in [0.1, 0.15) is 6.61 Å². The molecular formula is C33H38N2O6. The third-order valence-corrected chi connectivity index (χ3v) is 7.39. The number of amides is 1. The van der Waals surface area contributed by atoms with Crippen LogP contribution in [0.15, 0.2) is 85.5 Å². The molecule has 5 rings (SSSR count). The first-order valence-corrected chi connectivity index (χ1v) is 14.1. The lowest BCUT2D eigenvalue weighted by Crippen LogP contribution is -2.44. The van der Waals surface area contributed by atoms with Crippen LogP contribution in [-0.2, 0) is 32.1 Å². The summed E-state index contributed by atoms with van der Waals surface area (Å²) in [4.78, 5) is 14.2. The van der Waals surface area contributed by atoms with Crippen molar-refractivity contribution in [1.29, 1.82) is 0 Å². The average molecular weight is 559 g/mol. The van der Waals surface area contributed by atoms with E-state index in [1.807, 2.05) is 42.5 Å². The summed E-state index contributed by atoms with van der Waals surface area (Å²) < 4.78 is 23.5. The summed E-state index contributed by atoms with van der Waals surface area (Å²) >= 11 is 0. The number of morpholine rings is 1. The van der Waals surface area contributed by atoms with Crippen LogP contribution < -0.4 is 5.32 Å². The number of rotatable bonds is 10. The molecule has 0 spiro atoms. The van der Waals surface area contributed by atoms with Gasteiger partial charge >= 0.3 is 6.09 Å². The van der Waals surface area contributed by atoms with E-state index in [2.05, 4.69) is 47.1 Å². The molecule has 0 aromatic heterocycles. The first kappa shape index (κ1) is 29.0. The van der Waals surface area contributed by atoms with Crippen molar-refractivity contribution in [2.75, 3.05) is 39.5 Å². The predicted octanol–water partition coefficient (Wildman–Crippen LogP) is 5.14. The van der Waals surface area contributed by atoms with Crippen molar-refractivity contribution in [1.82, 2.24) is 10.2 Å². The predicted molar refractivity (Wildman–Crippen MR) is 156 cm³/mol. The highest BCUT2D eigenvalue weighted by molar-refractivity contribution is 5.68. The fourth-order valence-electron chi connectivity index (χ4n) is 5.16. The molecule has 3 aromatic carbocycles. The number of nitrogens with one attached hydrogen (secondary N) is 1. The van der Waals surface area contributed by atoms with E-state index in [1.165, 1.54) is 6.08 Å². The quantitative estimate of drug-likeness (QED) is 0.333. The van der Waals surface area contributed by atoms with Gasteiger partial charge in [0.05, 0.1) is 32.0 Å². The molecule has 216 valence electrons. The van der Waals surface area contributed by atoms with Gasteiger partial charge in [-0.3, -0.25) is 4.90 Å². The first-order valence-electron chi connectivity index (χ1n) is 14.1. The van der Waals surface area contributed by atoms with Crippen LogP contribution in [0.5, 0.6) is 0 Å². The van der Waals surface area contributed by atoms with E-state index in [1.54, 1.807) is 0 Å².